The van der Waals surface area contributed by atoms with Crippen LogP contribution in [0.1, 0.15) is 37.3 Å². The van der Waals surface area contributed by atoms with Gasteiger partial charge in [-0.15, -0.1) is 0 Å². The Hall–Kier alpha value is -2.98. The standard InChI is InChI=1S/C24H28FN3O5S/c1-3-20-24(30)27-19-11-15(2)22(12-21(19)33-20)34(31,32)28-10-4-5-17(14-28)23(29)26-13-16-6-8-18(25)9-7-16/h6-9,11-12,17,20H,3-5,10,13-14H2,1-2H3,(H,26,29)(H,27,30). The molecule has 0 aromatic heterocycles. The van der Waals surface area contributed by atoms with Crippen LogP contribution in [0.15, 0.2) is 41.3 Å². The van der Waals surface area contributed by atoms with E-state index in [2.05, 4.69) is 10.6 Å². The molecule has 0 saturated carbocycles. The molecule has 1 saturated heterocycles. The summed E-state index contributed by atoms with van der Waals surface area (Å²) in [6, 6.07) is 8.91. The fourth-order valence-corrected chi connectivity index (χ4v) is 6.03. The highest BCUT2D eigenvalue weighted by atomic mass is 32.2. The van der Waals surface area contributed by atoms with E-state index in [0.29, 0.717) is 42.8 Å². The van der Waals surface area contributed by atoms with Gasteiger partial charge < -0.3 is 15.4 Å². The zero-order valence-corrected chi connectivity index (χ0v) is 20.0. The predicted molar refractivity (Wildman–Crippen MR) is 124 cm³/mol. The quantitative estimate of drug-likeness (QED) is 0.649. The fraction of sp³-hybridized carbons (Fsp3) is 0.417. The van der Waals surface area contributed by atoms with Crippen LogP contribution in [0, 0.1) is 18.7 Å². The molecule has 2 aliphatic rings. The van der Waals surface area contributed by atoms with Crippen molar-refractivity contribution in [1.82, 2.24) is 9.62 Å². The molecule has 10 heteroatoms. The van der Waals surface area contributed by atoms with Crippen LogP contribution in [-0.4, -0.2) is 43.7 Å². The first-order valence-electron chi connectivity index (χ1n) is 11.3. The van der Waals surface area contributed by atoms with E-state index in [1.54, 1.807) is 25.1 Å². The predicted octanol–water partition coefficient (Wildman–Crippen LogP) is 2.96. The Morgan fingerprint density at radius 1 is 1.26 bits per heavy atom. The molecule has 1 fully saturated rings. The molecular weight excluding hydrogens is 461 g/mol. The van der Waals surface area contributed by atoms with Crippen molar-refractivity contribution >= 4 is 27.5 Å². The first kappa shape index (κ1) is 24.2. The molecule has 182 valence electrons. The monoisotopic (exact) mass is 489 g/mol. The van der Waals surface area contributed by atoms with Crippen molar-refractivity contribution in [3.8, 4) is 5.75 Å². The average Bonchev–Trinajstić information content (AvgIpc) is 2.82. The first-order valence-corrected chi connectivity index (χ1v) is 12.8. The van der Waals surface area contributed by atoms with Crippen LogP contribution in [0.3, 0.4) is 0 Å². The number of aryl methyl sites for hydroxylation is 1. The van der Waals surface area contributed by atoms with E-state index in [9.17, 15) is 22.4 Å². The molecule has 2 heterocycles. The average molecular weight is 490 g/mol. The molecule has 2 unspecified atom stereocenters. The number of amides is 2. The molecule has 2 atom stereocenters. The molecule has 2 amide bonds. The number of carbonyl (C=O) groups excluding carboxylic acids is 2. The van der Waals surface area contributed by atoms with Gasteiger partial charge in [-0.25, -0.2) is 12.8 Å². The van der Waals surface area contributed by atoms with Crippen molar-refractivity contribution in [3.05, 3.63) is 53.3 Å². The van der Waals surface area contributed by atoms with Gasteiger partial charge in [-0.1, -0.05) is 19.1 Å². The van der Waals surface area contributed by atoms with Crippen molar-refractivity contribution in [2.24, 2.45) is 5.92 Å². The number of piperidine rings is 1. The lowest BCUT2D eigenvalue weighted by molar-refractivity contribution is -0.126. The summed E-state index contributed by atoms with van der Waals surface area (Å²) in [5.41, 5.74) is 1.69. The Bertz CT molecular complexity index is 1200. The summed E-state index contributed by atoms with van der Waals surface area (Å²) < 4.78 is 47.1. The lowest BCUT2D eigenvalue weighted by Crippen LogP contribution is -2.45. The number of sulfonamides is 1. The molecule has 8 nitrogen and oxygen atoms in total. The van der Waals surface area contributed by atoms with Gasteiger partial charge >= 0.3 is 0 Å². The Labute approximate surface area is 198 Å². The molecule has 34 heavy (non-hydrogen) atoms. The third kappa shape index (κ3) is 4.92. The number of fused-ring (bicyclic) bond motifs is 1. The van der Waals surface area contributed by atoms with Gasteiger partial charge in [-0.05, 0) is 55.5 Å². The molecule has 2 aromatic carbocycles. The van der Waals surface area contributed by atoms with Crippen molar-refractivity contribution in [1.29, 1.82) is 0 Å². The number of nitrogens with one attached hydrogen (secondary N) is 2. The van der Waals surface area contributed by atoms with Crippen LogP contribution in [-0.2, 0) is 26.2 Å². The molecule has 0 radical (unpaired) electrons. The van der Waals surface area contributed by atoms with Gasteiger partial charge in [0.15, 0.2) is 6.10 Å². The number of nitrogens with zero attached hydrogens (tertiary/aromatic N) is 1. The van der Waals surface area contributed by atoms with Gasteiger partial charge in [0.2, 0.25) is 15.9 Å². The maximum absolute atomic E-state index is 13.5. The number of rotatable bonds is 6. The molecular formula is C24H28FN3O5S. The lowest BCUT2D eigenvalue weighted by Gasteiger charge is -2.32. The molecule has 2 N–H and O–H groups in total. The van der Waals surface area contributed by atoms with Crippen LogP contribution in [0.4, 0.5) is 10.1 Å². The van der Waals surface area contributed by atoms with Gasteiger partial charge in [0, 0.05) is 25.7 Å². The number of benzene rings is 2. The van der Waals surface area contributed by atoms with Gasteiger partial charge in [0.05, 0.1) is 16.5 Å². The Morgan fingerprint density at radius 3 is 2.71 bits per heavy atom. The Morgan fingerprint density at radius 2 is 2.00 bits per heavy atom. The largest absolute Gasteiger partial charge is 0.478 e. The summed E-state index contributed by atoms with van der Waals surface area (Å²) in [5.74, 6) is -0.999. The van der Waals surface area contributed by atoms with E-state index in [1.807, 2.05) is 6.92 Å². The van der Waals surface area contributed by atoms with Crippen LogP contribution in [0.5, 0.6) is 5.75 Å². The van der Waals surface area contributed by atoms with E-state index < -0.39 is 22.0 Å². The molecule has 2 aliphatic heterocycles. The second-order valence-corrected chi connectivity index (χ2v) is 10.6. The lowest BCUT2D eigenvalue weighted by atomic mass is 9.99. The van der Waals surface area contributed by atoms with Gasteiger partial charge in [-0.2, -0.15) is 4.31 Å². The second kappa shape index (κ2) is 9.71. The van der Waals surface area contributed by atoms with Gasteiger partial charge in [-0.3, -0.25) is 9.59 Å². The summed E-state index contributed by atoms with van der Waals surface area (Å²) in [6.07, 6.45) is 0.928. The molecule has 0 spiro atoms. The van der Waals surface area contributed by atoms with E-state index in [-0.39, 0.29) is 35.6 Å². The van der Waals surface area contributed by atoms with Crippen molar-refractivity contribution in [3.63, 3.8) is 0 Å². The summed E-state index contributed by atoms with van der Waals surface area (Å²) in [4.78, 5) is 24.9. The highest BCUT2D eigenvalue weighted by molar-refractivity contribution is 7.89. The van der Waals surface area contributed by atoms with Crippen LogP contribution in [0.2, 0.25) is 0 Å². The molecule has 4 rings (SSSR count). The Kier molecular flexibility index (Phi) is 6.90. The van der Waals surface area contributed by atoms with Crippen molar-refractivity contribution in [2.45, 2.75) is 50.7 Å². The first-order chi connectivity index (χ1) is 16.2. The van der Waals surface area contributed by atoms with E-state index in [0.717, 1.165) is 5.56 Å². The molecule has 2 aromatic rings. The molecule has 0 bridgehead atoms. The zero-order valence-electron chi connectivity index (χ0n) is 19.1. The number of hydrogen-bond acceptors (Lipinski definition) is 5. The number of hydrogen-bond donors (Lipinski definition) is 2. The van der Waals surface area contributed by atoms with E-state index in [4.69, 9.17) is 4.74 Å². The minimum Gasteiger partial charge on any atom is -0.478 e. The smallest absolute Gasteiger partial charge is 0.265 e. The summed E-state index contributed by atoms with van der Waals surface area (Å²) in [5, 5.41) is 5.59. The normalized spacial score (nSPS) is 20.7. The highest BCUT2D eigenvalue weighted by Crippen LogP contribution is 2.36. The number of ether oxygens (including phenoxy) is 1. The Balaban J connectivity index is 1.48. The topological polar surface area (TPSA) is 105 Å². The maximum atomic E-state index is 13.5. The fourth-order valence-electron chi connectivity index (χ4n) is 4.28. The second-order valence-electron chi connectivity index (χ2n) is 8.66. The van der Waals surface area contributed by atoms with E-state index >= 15 is 0 Å². The van der Waals surface area contributed by atoms with Crippen LogP contribution in [0.25, 0.3) is 0 Å². The van der Waals surface area contributed by atoms with Crippen LogP contribution < -0.4 is 15.4 Å². The summed E-state index contributed by atoms with van der Waals surface area (Å²) >= 11 is 0. The van der Waals surface area contributed by atoms with Crippen molar-refractivity contribution < 1.29 is 27.1 Å². The third-order valence-electron chi connectivity index (χ3n) is 6.22. The van der Waals surface area contributed by atoms with Crippen LogP contribution >= 0.6 is 0 Å². The maximum Gasteiger partial charge on any atom is 0.265 e. The minimum absolute atomic E-state index is 0.0727. The number of halogens is 1. The molecule has 0 aliphatic carbocycles. The van der Waals surface area contributed by atoms with Crippen molar-refractivity contribution in [2.75, 3.05) is 18.4 Å². The number of anilines is 1. The zero-order chi connectivity index (χ0) is 24.5. The highest BCUT2D eigenvalue weighted by Gasteiger charge is 2.35. The summed E-state index contributed by atoms with van der Waals surface area (Å²) in [7, 11) is -3.88. The minimum atomic E-state index is -3.88. The van der Waals surface area contributed by atoms with E-state index in [1.165, 1.54) is 22.5 Å². The SMILES string of the molecule is CCC1Oc2cc(S(=O)(=O)N3CCCC(C(=O)NCc4ccc(F)cc4)C3)c(C)cc2NC1=O. The number of carbonyl (C=O) groups is 2. The third-order valence-corrected chi connectivity index (χ3v) is 8.23. The summed E-state index contributed by atoms with van der Waals surface area (Å²) in [6.45, 7) is 4.12. The van der Waals surface area contributed by atoms with Gasteiger partial charge in [0.1, 0.15) is 11.6 Å². The van der Waals surface area contributed by atoms with Gasteiger partial charge in [0.25, 0.3) is 5.91 Å².